The molecule has 1 aromatic heterocycles. The summed E-state index contributed by atoms with van der Waals surface area (Å²) in [6, 6.07) is 14.9. The average molecular weight is 283 g/mol. The molecule has 0 radical (unpaired) electrons. The lowest BCUT2D eigenvalue weighted by atomic mass is 10.3. The van der Waals surface area contributed by atoms with Crippen molar-refractivity contribution in [2.24, 2.45) is 0 Å². The van der Waals surface area contributed by atoms with Crippen molar-refractivity contribution in [3.8, 4) is 0 Å². The first-order valence-electron chi connectivity index (χ1n) is 7.21. The van der Waals surface area contributed by atoms with Gasteiger partial charge in [-0.25, -0.2) is 9.37 Å². The van der Waals surface area contributed by atoms with E-state index in [9.17, 15) is 4.39 Å². The van der Waals surface area contributed by atoms with Gasteiger partial charge in [-0.2, -0.15) is 0 Å². The van der Waals surface area contributed by atoms with Crippen LogP contribution in [-0.2, 0) is 13.0 Å². The molecule has 0 aliphatic carbocycles. The lowest BCUT2D eigenvalue weighted by molar-refractivity contribution is 0.629. The topological polar surface area (TPSA) is 29.9 Å². The summed E-state index contributed by atoms with van der Waals surface area (Å²) in [5.74, 6) is 0.749. The highest BCUT2D eigenvalue weighted by molar-refractivity contribution is 5.76. The highest BCUT2D eigenvalue weighted by atomic mass is 19.1. The van der Waals surface area contributed by atoms with Gasteiger partial charge in [0.15, 0.2) is 0 Å². The van der Waals surface area contributed by atoms with Crippen LogP contribution in [0.2, 0.25) is 0 Å². The Morgan fingerprint density at radius 2 is 1.95 bits per heavy atom. The summed E-state index contributed by atoms with van der Waals surface area (Å²) < 4.78 is 15.4. The molecular weight excluding hydrogens is 265 g/mol. The van der Waals surface area contributed by atoms with Crippen LogP contribution in [0.4, 0.5) is 10.1 Å². The Hall–Kier alpha value is -2.36. The van der Waals surface area contributed by atoms with Crippen molar-refractivity contribution < 1.29 is 4.39 Å². The molecule has 3 rings (SSSR count). The van der Waals surface area contributed by atoms with E-state index < -0.39 is 0 Å². The Labute approximate surface area is 123 Å². The minimum atomic E-state index is -0.239. The zero-order chi connectivity index (χ0) is 14.7. The first kappa shape index (κ1) is 13.6. The average Bonchev–Trinajstić information content (AvgIpc) is 2.84. The van der Waals surface area contributed by atoms with Crippen molar-refractivity contribution in [2.75, 3.05) is 11.9 Å². The number of para-hydroxylation sites is 1. The van der Waals surface area contributed by atoms with Gasteiger partial charge in [0.05, 0.1) is 11.0 Å². The number of anilines is 1. The van der Waals surface area contributed by atoms with Crippen LogP contribution in [0.15, 0.2) is 48.5 Å². The molecule has 0 aliphatic heterocycles. The van der Waals surface area contributed by atoms with Crippen LogP contribution >= 0.6 is 0 Å². The number of fused-ring (bicyclic) bond motifs is 1. The highest BCUT2D eigenvalue weighted by Gasteiger charge is 2.09. The van der Waals surface area contributed by atoms with Gasteiger partial charge in [0, 0.05) is 31.3 Å². The standard InChI is InChI=1S/C17H18FN3/c1-2-21-16-9-8-13(18)12-15(16)20-17(21)10-11-19-14-6-4-3-5-7-14/h3-9,12,19H,2,10-11H2,1H3. The molecule has 0 bridgehead atoms. The van der Waals surface area contributed by atoms with Crippen molar-refractivity contribution in [2.45, 2.75) is 19.9 Å². The molecule has 0 amide bonds. The number of halogens is 1. The fourth-order valence-electron chi connectivity index (χ4n) is 2.57. The molecule has 0 aliphatic rings. The van der Waals surface area contributed by atoms with E-state index in [-0.39, 0.29) is 5.82 Å². The van der Waals surface area contributed by atoms with Gasteiger partial charge in [-0.15, -0.1) is 0 Å². The van der Waals surface area contributed by atoms with Crippen LogP contribution in [0.3, 0.4) is 0 Å². The number of rotatable bonds is 5. The number of aryl methyl sites for hydroxylation is 1. The molecule has 0 saturated carbocycles. The van der Waals surface area contributed by atoms with Crippen LogP contribution in [0.1, 0.15) is 12.7 Å². The SMILES string of the molecule is CCn1c(CCNc2ccccc2)nc2cc(F)ccc21. The van der Waals surface area contributed by atoms with E-state index in [1.165, 1.54) is 12.1 Å². The quantitative estimate of drug-likeness (QED) is 0.770. The highest BCUT2D eigenvalue weighted by Crippen LogP contribution is 2.18. The third-order valence-electron chi connectivity index (χ3n) is 3.56. The number of nitrogens with zero attached hydrogens (tertiary/aromatic N) is 2. The Kier molecular flexibility index (Phi) is 3.86. The number of aromatic nitrogens is 2. The normalized spacial score (nSPS) is 11.0. The van der Waals surface area contributed by atoms with Crippen LogP contribution in [0.25, 0.3) is 11.0 Å². The second-order valence-electron chi connectivity index (χ2n) is 4.95. The van der Waals surface area contributed by atoms with E-state index in [0.717, 1.165) is 42.1 Å². The maximum absolute atomic E-state index is 13.3. The molecule has 0 unspecified atom stereocenters. The molecule has 2 aromatic carbocycles. The summed E-state index contributed by atoms with van der Waals surface area (Å²) in [5, 5.41) is 3.37. The van der Waals surface area contributed by atoms with Crippen molar-refractivity contribution in [1.82, 2.24) is 9.55 Å². The maximum Gasteiger partial charge on any atom is 0.125 e. The van der Waals surface area contributed by atoms with Gasteiger partial charge in [-0.3, -0.25) is 0 Å². The van der Waals surface area contributed by atoms with Gasteiger partial charge in [0.25, 0.3) is 0 Å². The Morgan fingerprint density at radius 1 is 1.14 bits per heavy atom. The summed E-state index contributed by atoms with van der Waals surface area (Å²) in [5.41, 5.74) is 2.82. The van der Waals surface area contributed by atoms with Crippen molar-refractivity contribution in [3.63, 3.8) is 0 Å². The maximum atomic E-state index is 13.3. The number of hydrogen-bond donors (Lipinski definition) is 1. The van der Waals surface area contributed by atoms with Gasteiger partial charge in [0.2, 0.25) is 0 Å². The predicted octanol–water partition coefficient (Wildman–Crippen LogP) is 3.85. The zero-order valence-electron chi connectivity index (χ0n) is 12.0. The predicted molar refractivity (Wildman–Crippen MR) is 84.0 cm³/mol. The summed E-state index contributed by atoms with van der Waals surface area (Å²) in [6.45, 7) is 3.72. The Bertz CT molecular complexity index is 734. The first-order chi connectivity index (χ1) is 10.3. The van der Waals surface area contributed by atoms with Gasteiger partial charge in [-0.05, 0) is 31.2 Å². The van der Waals surface area contributed by atoms with Crippen LogP contribution in [-0.4, -0.2) is 16.1 Å². The lowest BCUT2D eigenvalue weighted by Crippen LogP contribution is -2.09. The number of hydrogen-bond acceptors (Lipinski definition) is 2. The monoisotopic (exact) mass is 283 g/mol. The molecular formula is C17H18FN3. The third kappa shape index (κ3) is 2.89. The molecule has 0 spiro atoms. The minimum absolute atomic E-state index is 0.239. The molecule has 3 nitrogen and oxygen atoms in total. The van der Waals surface area contributed by atoms with Crippen LogP contribution in [0.5, 0.6) is 0 Å². The number of benzene rings is 2. The van der Waals surface area contributed by atoms with E-state index in [1.807, 2.05) is 30.3 Å². The lowest BCUT2D eigenvalue weighted by Gasteiger charge is -2.08. The van der Waals surface area contributed by atoms with Gasteiger partial charge in [0.1, 0.15) is 11.6 Å². The number of nitrogens with one attached hydrogen (secondary N) is 1. The zero-order valence-corrected chi connectivity index (χ0v) is 12.0. The van der Waals surface area contributed by atoms with E-state index in [1.54, 1.807) is 6.07 Å². The molecule has 1 N–H and O–H groups in total. The van der Waals surface area contributed by atoms with E-state index in [2.05, 4.69) is 21.8 Å². The van der Waals surface area contributed by atoms with E-state index in [4.69, 9.17) is 0 Å². The second kappa shape index (κ2) is 5.95. The molecule has 0 fully saturated rings. The van der Waals surface area contributed by atoms with Crippen molar-refractivity contribution in [1.29, 1.82) is 0 Å². The fourth-order valence-corrected chi connectivity index (χ4v) is 2.57. The molecule has 4 heteroatoms. The Morgan fingerprint density at radius 3 is 2.71 bits per heavy atom. The first-order valence-corrected chi connectivity index (χ1v) is 7.21. The largest absolute Gasteiger partial charge is 0.385 e. The summed E-state index contributed by atoms with van der Waals surface area (Å²) in [4.78, 5) is 4.56. The summed E-state index contributed by atoms with van der Waals surface area (Å²) in [6.07, 6.45) is 0.805. The molecule has 1 heterocycles. The smallest absolute Gasteiger partial charge is 0.125 e. The van der Waals surface area contributed by atoms with Gasteiger partial charge < -0.3 is 9.88 Å². The van der Waals surface area contributed by atoms with E-state index in [0.29, 0.717) is 0 Å². The Balaban J connectivity index is 1.77. The summed E-state index contributed by atoms with van der Waals surface area (Å²) in [7, 11) is 0. The van der Waals surface area contributed by atoms with Crippen molar-refractivity contribution >= 4 is 16.7 Å². The molecule has 108 valence electrons. The second-order valence-corrected chi connectivity index (χ2v) is 4.95. The van der Waals surface area contributed by atoms with Gasteiger partial charge in [-0.1, -0.05) is 18.2 Å². The number of imidazole rings is 1. The summed E-state index contributed by atoms with van der Waals surface area (Å²) >= 11 is 0. The molecule has 0 atom stereocenters. The van der Waals surface area contributed by atoms with Crippen molar-refractivity contribution in [3.05, 3.63) is 60.2 Å². The molecule has 0 saturated heterocycles. The minimum Gasteiger partial charge on any atom is -0.385 e. The third-order valence-corrected chi connectivity index (χ3v) is 3.56. The fraction of sp³-hybridized carbons (Fsp3) is 0.235. The van der Waals surface area contributed by atoms with E-state index >= 15 is 0 Å². The molecule has 3 aromatic rings. The van der Waals surface area contributed by atoms with Gasteiger partial charge >= 0.3 is 0 Å². The van der Waals surface area contributed by atoms with Crippen LogP contribution < -0.4 is 5.32 Å². The molecule has 21 heavy (non-hydrogen) atoms. The van der Waals surface area contributed by atoms with Crippen LogP contribution in [0, 0.1) is 5.82 Å².